The second-order valence-corrected chi connectivity index (χ2v) is 7.16. The van der Waals surface area contributed by atoms with Crippen molar-refractivity contribution in [3.63, 3.8) is 0 Å². The predicted molar refractivity (Wildman–Crippen MR) is 106 cm³/mol. The second-order valence-electron chi connectivity index (χ2n) is 7.16. The van der Waals surface area contributed by atoms with E-state index in [1.165, 1.54) is 7.11 Å². The summed E-state index contributed by atoms with van der Waals surface area (Å²) in [6.45, 7) is -0.430. The van der Waals surface area contributed by atoms with E-state index >= 15 is 0 Å². The topological polar surface area (TPSA) is 126 Å². The first-order valence-corrected chi connectivity index (χ1v) is 9.60. The van der Waals surface area contributed by atoms with Gasteiger partial charge in [0.1, 0.15) is 24.4 Å². The minimum Gasteiger partial charge on any atom is -0.469 e. The van der Waals surface area contributed by atoms with E-state index in [0.717, 1.165) is 22.3 Å². The summed E-state index contributed by atoms with van der Waals surface area (Å²) in [5.74, 6) is -0.311. The number of methoxy groups -OCH3 is 1. The van der Waals surface area contributed by atoms with Gasteiger partial charge in [0.25, 0.3) is 0 Å². The molecule has 2 aromatic rings. The van der Waals surface area contributed by atoms with Crippen LogP contribution in [0.3, 0.4) is 0 Å². The van der Waals surface area contributed by atoms with Crippen LogP contribution in [0.15, 0.2) is 48.5 Å². The van der Waals surface area contributed by atoms with Gasteiger partial charge in [-0.05, 0) is 28.3 Å². The number of carbonyl (C=O) groups excluding carboxylic acids is 1. The van der Waals surface area contributed by atoms with E-state index in [9.17, 15) is 25.2 Å². The molecule has 1 heterocycles. The van der Waals surface area contributed by atoms with Crippen LogP contribution in [0.5, 0.6) is 0 Å². The lowest BCUT2D eigenvalue weighted by atomic mass is 9.99. The highest BCUT2D eigenvalue weighted by Crippen LogP contribution is 2.25. The van der Waals surface area contributed by atoms with Crippen molar-refractivity contribution >= 4 is 5.97 Å². The molecule has 3 rings (SSSR count). The minimum absolute atomic E-state index is 0.0817. The molecule has 0 bridgehead atoms. The summed E-state index contributed by atoms with van der Waals surface area (Å²) >= 11 is 0. The van der Waals surface area contributed by atoms with Crippen LogP contribution in [0.25, 0.3) is 11.1 Å². The van der Waals surface area contributed by atoms with Crippen LogP contribution in [0.4, 0.5) is 0 Å². The molecule has 0 aliphatic carbocycles. The van der Waals surface area contributed by atoms with Crippen molar-refractivity contribution < 1.29 is 39.4 Å². The summed E-state index contributed by atoms with van der Waals surface area (Å²) in [6, 6.07) is 15.1. The highest BCUT2D eigenvalue weighted by Gasteiger charge is 2.43. The summed E-state index contributed by atoms with van der Waals surface area (Å²) < 4.78 is 15.7. The first kappa shape index (κ1) is 22.4. The van der Waals surface area contributed by atoms with E-state index < -0.39 is 37.3 Å². The summed E-state index contributed by atoms with van der Waals surface area (Å²) in [6.07, 6.45) is -6.37. The smallest absolute Gasteiger partial charge is 0.309 e. The van der Waals surface area contributed by atoms with E-state index in [-0.39, 0.29) is 19.0 Å². The molecule has 8 nitrogen and oxygen atoms in total. The van der Waals surface area contributed by atoms with Gasteiger partial charge in [-0.2, -0.15) is 0 Å². The SMILES string of the molecule is COC(=O)Cc1cccc(-c2cccc(CO[C@@H]3O[C@H](CO)[C@@H](O)[C@H](O)[C@@H]3O)c2)c1. The molecule has 0 aromatic heterocycles. The third kappa shape index (κ3) is 5.23. The molecule has 8 heteroatoms. The third-order valence-corrected chi connectivity index (χ3v) is 5.03. The highest BCUT2D eigenvalue weighted by molar-refractivity contribution is 5.74. The number of aliphatic hydroxyl groups is 4. The molecule has 2 aromatic carbocycles. The molecular formula is C22H26O8. The zero-order valence-electron chi connectivity index (χ0n) is 16.5. The number of benzene rings is 2. The summed E-state index contributed by atoms with van der Waals surface area (Å²) in [4.78, 5) is 11.5. The van der Waals surface area contributed by atoms with Crippen molar-refractivity contribution in [2.45, 2.75) is 43.7 Å². The molecular weight excluding hydrogens is 392 g/mol. The standard InChI is InChI=1S/C22H26O8/c1-28-18(24)10-13-4-2-6-15(8-13)16-7-3-5-14(9-16)12-29-22-21(27)20(26)19(25)17(11-23)30-22/h2-9,17,19-23,25-27H,10-12H2,1H3/t17-,19-,20+,21+,22-/m1/s1. The Morgan fingerprint density at radius 3 is 2.23 bits per heavy atom. The van der Waals surface area contributed by atoms with E-state index in [4.69, 9.17) is 14.2 Å². The van der Waals surface area contributed by atoms with Gasteiger partial charge in [0, 0.05) is 0 Å². The van der Waals surface area contributed by atoms with Crippen molar-refractivity contribution in [1.29, 1.82) is 0 Å². The van der Waals surface area contributed by atoms with Gasteiger partial charge in [0.2, 0.25) is 0 Å². The Balaban J connectivity index is 1.69. The molecule has 1 aliphatic heterocycles. The van der Waals surface area contributed by atoms with E-state index in [1.807, 2.05) is 48.5 Å². The van der Waals surface area contributed by atoms with Crippen LogP contribution in [0.2, 0.25) is 0 Å². The van der Waals surface area contributed by atoms with Crippen LogP contribution in [0, 0.1) is 0 Å². The first-order chi connectivity index (χ1) is 14.4. The lowest BCUT2D eigenvalue weighted by Crippen LogP contribution is -2.59. The van der Waals surface area contributed by atoms with Crippen molar-refractivity contribution in [3.05, 3.63) is 59.7 Å². The maximum absolute atomic E-state index is 11.5. The predicted octanol–water partition coefficient (Wildman–Crippen LogP) is 0.386. The molecule has 1 saturated heterocycles. The Labute approximate surface area is 174 Å². The molecule has 0 radical (unpaired) electrons. The number of hydrogen-bond donors (Lipinski definition) is 4. The molecule has 0 amide bonds. The Morgan fingerprint density at radius 2 is 1.60 bits per heavy atom. The van der Waals surface area contributed by atoms with Gasteiger partial charge in [0.15, 0.2) is 6.29 Å². The average molecular weight is 418 g/mol. The number of esters is 1. The van der Waals surface area contributed by atoms with Crippen LogP contribution >= 0.6 is 0 Å². The average Bonchev–Trinajstić information content (AvgIpc) is 2.77. The van der Waals surface area contributed by atoms with E-state index in [0.29, 0.717) is 0 Å². The molecule has 0 saturated carbocycles. The van der Waals surface area contributed by atoms with Crippen LogP contribution < -0.4 is 0 Å². The molecule has 0 unspecified atom stereocenters. The quantitative estimate of drug-likeness (QED) is 0.476. The fraction of sp³-hybridized carbons (Fsp3) is 0.409. The van der Waals surface area contributed by atoms with Crippen molar-refractivity contribution in [2.75, 3.05) is 13.7 Å². The molecule has 30 heavy (non-hydrogen) atoms. The van der Waals surface area contributed by atoms with E-state index in [2.05, 4.69) is 0 Å². The first-order valence-electron chi connectivity index (χ1n) is 9.60. The van der Waals surface area contributed by atoms with E-state index in [1.54, 1.807) is 0 Å². The van der Waals surface area contributed by atoms with Gasteiger partial charge in [-0.1, -0.05) is 42.5 Å². The zero-order valence-corrected chi connectivity index (χ0v) is 16.5. The summed E-state index contributed by atoms with van der Waals surface area (Å²) in [5.41, 5.74) is 3.47. The molecule has 4 N–H and O–H groups in total. The largest absolute Gasteiger partial charge is 0.469 e. The fourth-order valence-corrected chi connectivity index (χ4v) is 3.32. The third-order valence-electron chi connectivity index (χ3n) is 5.03. The lowest BCUT2D eigenvalue weighted by molar-refractivity contribution is -0.304. The summed E-state index contributed by atoms with van der Waals surface area (Å²) in [5, 5.41) is 39.0. The normalized spacial score (nSPS) is 26.4. The lowest BCUT2D eigenvalue weighted by Gasteiger charge is -2.39. The van der Waals surface area contributed by atoms with Gasteiger partial charge in [0.05, 0.1) is 26.7 Å². The minimum atomic E-state index is -1.48. The second kappa shape index (κ2) is 10.1. The number of carbonyl (C=O) groups is 1. The Kier molecular flexibility index (Phi) is 7.54. The number of rotatable bonds is 7. The van der Waals surface area contributed by atoms with Crippen molar-refractivity contribution in [3.8, 4) is 11.1 Å². The van der Waals surface area contributed by atoms with Crippen LogP contribution in [-0.2, 0) is 32.0 Å². The van der Waals surface area contributed by atoms with Crippen LogP contribution in [0.1, 0.15) is 11.1 Å². The number of aliphatic hydroxyl groups excluding tert-OH is 4. The van der Waals surface area contributed by atoms with Crippen molar-refractivity contribution in [2.24, 2.45) is 0 Å². The monoisotopic (exact) mass is 418 g/mol. The highest BCUT2D eigenvalue weighted by atomic mass is 16.7. The van der Waals surface area contributed by atoms with Gasteiger partial charge >= 0.3 is 5.97 Å². The molecule has 162 valence electrons. The Bertz CT molecular complexity index is 853. The molecule has 5 atom stereocenters. The summed E-state index contributed by atoms with van der Waals surface area (Å²) in [7, 11) is 1.35. The molecule has 0 spiro atoms. The van der Waals surface area contributed by atoms with Crippen LogP contribution in [-0.4, -0.2) is 70.8 Å². The zero-order chi connectivity index (χ0) is 21.7. The Hall–Kier alpha value is -2.33. The van der Waals surface area contributed by atoms with Gasteiger partial charge in [-0.3, -0.25) is 4.79 Å². The van der Waals surface area contributed by atoms with Crippen molar-refractivity contribution in [1.82, 2.24) is 0 Å². The fourth-order valence-electron chi connectivity index (χ4n) is 3.32. The molecule has 1 fully saturated rings. The number of hydrogen-bond acceptors (Lipinski definition) is 8. The maximum Gasteiger partial charge on any atom is 0.309 e. The number of ether oxygens (including phenoxy) is 3. The molecule has 1 aliphatic rings. The van der Waals surface area contributed by atoms with Gasteiger partial charge in [-0.25, -0.2) is 0 Å². The van der Waals surface area contributed by atoms with Gasteiger partial charge in [-0.15, -0.1) is 0 Å². The maximum atomic E-state index is 11.5. The van der Waals surface area contributed by atoms with Gasteiger partial charge < -0.3 is 34.6 Å². The Morgan fingerprint density at radius 1 is 0.967 bits per heavy atom.